The molecule has 2 aromatic heterocycles. The Morgan fingerprint density at radius 1 is 1.38 bits per heavy atom. The number of benzene rings is 1. The van der Waals surface area contributed by atoms with Crippen molar-refractivity contribution in [3.63, 3.8) is 0 Å². The van der Waals surface area contributed by atoms with E-state index in [2.05, 4.69) is 24.8 Å². The summed E-state index contributed by atoms with van der Waals surface area (Å²) in [5, 5.41) is 15.4. The Morgan fingerprint density at radius 3 is 2.72 bits per heavy atom. The molecule has 0 saturated carbocycles. The third-order valence-electron chi connectivity index (χ3n) is 5.98. The summed E-state index contributed by atoms with van der Waals surface area (Å²) < 4.78 is 7.65. The number of nitrogen functional groups attached to an aromatic ring is 1. The van der Waals surface area contributed by atoms with Crippen LogP contribution in [0.3, 0.4) is 0 Å². The highest BCUT2D eigenvalue weighted by Crippen LogP contribution is 2.48. The molecule has 3 heterocycles. The van der Waals surface area contributed by atoms with Gasteiger partial charge in [-0.15, -0.1) is 0 Å². The summed E-state index contributed by atoms with van der Waals surface area (Å²) in [6.45, 7) is 15.4. The van der Waals surface area contributed by atoms with Crippen molar-refractivity contribution < 1.29 is 9.84 Å². The molecule has 1 aromatic carbocycles. The van der Waals surface area contributed by atoms with Gasteiger partial charge in [0.2, 0.25) is 5.69 Å². The lowest BCUT2D eigenvalue weighted by Crippen LogP contribution is -2.47. The number of likely N-dealkylation sites (tertiary alicyclic amines) is 1. The fourth-order valence-corrected chi connectivity index (χ4v) is 4.80. The van der Waals surface area contributed by atoms with E-state index in [-0.39, 0.29) is 12.0 Å². The first-order valence-corrected chi connectivity index (χ1v) is 10.8. The Morgan fingerprint density at radius 2 is 2.09 bits per heavy atom. The summed E-state index contributed by atoms with van der Waals surface area (Å²) in [6, 6.07) is 1.50. The zero-order chi connectivity index (χ0) is 23.2. The molecular weight excluding hydrogens is 430 g/mol. The molecule has 0 aliphatic carbocycles. The van der Waals surface area contributed by atoms with Crippen LogP contribution in [-0.2, 0) is 0 Å². The van der Waals surface area contributed by atoms with Crippen molar-refractivity contribution in [2.75, 3.05) is 32.5 Å². The zero-order valence-corrected chi connectivity index (χ0v) is 19.3. The molecule has 0 bridgehead atoms. The summed E-state index contributed by atoms with van der Waals surface area (Å²) in [4.78, 5) is 14.3. The van der Waals surface area contributed by atoms with Gasteiger partial charge in [0.1, 0.15) is 17.9 Å². The summed E-state index contributed by atoms with van der Waals surface area (Å²) >= 11 is 6.59. The minimum atomic E-state index is -0.404. The molecule has 1 aliphatic heterocycles. The second-order valence-electron chi connectivity index (χ2n) is 8.28. The number of nitrogens with zero attached hydrogens (tertiary/aromatic N) is 6. The van der Waals surface area contributed by atoms with E-state index < -0.39 is 6.10 Å². The maximum Gasteiger partial charge on any atom is 0.212 e. The van der Waals surface area contributed by atoms with Crippen LogP contribution in [0.5, 0.6) is 5.75 Å². The lowest BCUT2D eigenvalue weighted by Gasteiger charge is -2.41. The molecule has 0 spiro atoms. The van der Waals surface area contributed by atoms with Gasteiger partial charge in [-0.3, -0.25) is 4.90 Å². The van der Waals surface area contributed by atoms with E-state index in [4.69, 9.17) is 28.6 Å². The SMILES string of the molecule is [C-]#[N+]c1c(Cl)cc([C@@H](C)n2nc(C)c3c(N)ncnc32)c(OC)c1C1CN(C[C@@H](C)O)C1. The predicted molar refractivity (Wildman–Crippen MR) is 123 cm³/mol. The lowest BCUT2D eigenvalue weighted by atomic mass is 9.86. The van der Waals surface area contributed by atoms with Crippen molar-refractivity contribution in [3.05, 3.63) is 45.7 Å². The van der Waals surface area contributed by atoms with Gasteiger partial charge in [-0.1, -0.05) is 11.6 Å². The van der Waals surface area contributed by atoms with Crippen molar-refractivity contribution in [2.24, 2.45) is 0 Å². The van der Waals surface area contributed by atoms with Crippen LogP contribution < -0.4 is 10.5 Å². The number of β-amino-alcohol motifs (C(OH)–C–C–N with tert-alkyl or cyclic N) is 1. The Bertz CT molecular complexity index is 1210. The zero-order valence-electron chi connectivity index (χ0n) is 18.5. The van der Waals surface area contributed by atoms with Gasteiger partial charge in [-0.05, 0) is 26.8 Å². The smallest absolute Gasteiger partial charge is 0.212 e. The first-order valence-electron chi connectivity index (χ1n) is 10.4. The van der Waals surface area contributed by atoms with Crippen molar-refractivity contribution in [3.8, 4) is 5.75 Å². The van der Waals surface area contributed by atoms with Crippen LogP contribution in [-0.4, -0.2) is 62.6 Å². The second kappa shape index (κ2) is 8.54. The fraction of sp³-hybridized carbons (Fsp3) is 0.455. The third-order valence-corrected chi connectivity index (χ3v) is 6.27. The molecular formula is C22H26ClN7O2. The normalized spacial score (nSPS) is 16.5. The average molecular weight is 456 g/mol. The van der Waals surface area contributed by atoms with E-state index in [9.17, 15) is 5.11 Å². The summed E-state index contributed by atoms with van der Waals surface area (Å²) in [7, 11) is 1.61. The van der Waals surface area contributed by atoms with Gasteiger partial charge < -0.3 is 15.6 Å². The second-order valence-corrected chi connectivity index (χ2v) is 8.69. The Labute approximate surface area is 191 Å². The summed E-state index contributed by atoms with van der Waals surface area (Å²) in [5.41, 5.74) is 9.46. The number of hydrogen-bond acceptors (Lipinski definition) is 7. The maximum atomic E-state index is 9.68. The highest BCUT2D eigenvalue weighted by molar-refractivity contribution is 6.33. The van der Waals surface area contributed by atoms with E-state index in [1.807, 2.05) is 13.8 Å². The first kappa shape index (κ1) is 22.3. The molecule has 2 atom stereocenters. The van der Waals surface area contributed by atoms with Gasteiger partial charge in [-0.2, -0.15) is 5.10 Å². The van der Waals surface area contributed by atoms with E-state index in [0.717, 1.165) is 35.3 Å². The number of nitrogens with two attached hydrogens (primary N) is 1. The van der Waals surface area contributed by atoms with E-state index >= 15 is 0 Å². The van der Waals surface area contributed by atoms with E-state index in [1.165, 1.54) is 6.33 Å². The topological polar surface area (TPSA) is 107 Å². The highest BCUT2D eigenvalue weighted by Gasteiger charge is 2.35. The van der Waals surface area contributed by atoms with Crippen LogP contribution >= 0.6 is 11.6 Å². The Balaban J connectivity index is 1.82. The summed E-state index contributed by atoms with van der Waals surface area (Å²) in [5.74, 6) is 1.11. The first-order chi connectivity index (χ1) is 15.3. The maximum absolute atomic E-state index is 9.68. The van der Waals surface area contributed by atoms with Crippen LogP contribution in [0.25, 0.3) is 15.9 Å². The molecule has 10 heteroatoms. The van der Waals surface area contributed by atoms with Crippen LogP contribution in [0.2, 0.25) is 5.02 Å². The highest BCUT2D eigenvalue weighted by atomic mass is 35.5. The standard InChI is InChI=1S/C22H26ClN7O2/c1-11(31)7-29-8-14(9-29)18-19(25-4)16(23)6-15(20(18)32-5)13(3)30-22-17(12(2)28-30)21(24)26-10-27-22/h6,10-11,13-14,31H,7-9H2,1-3,5H3,(H2,24,26,27)/t11-,13-/m1/s1. The van der Waals surface area contributed by atoms with E-state index in [1.54, 1.807) is 24.8 Å². The molecule has 0 radical (unpaired) electrons. The molecule has 1 fully saturated rings. The molecule has 1 saturated heterocycles. The molecule has 1 aliphatic rings. The molecule has 3 N–H and O–H groups in total. The average Bonchev–Trinajstić information content (AvgIpc) is 3.06. The van der Waals surface area contributed by atoms with Crippen molar-refractivity contribution in [2.45, 2.75) is 38.8 Å². The van der Waals surface area contributed by atoms with Gasteiger partial charge in [0, 0.05) is 41.7 Å². The minimum Gasteiger partial charge on any atom is -0.497 e. The van der Waals surface area contributed by atoms with Crippen LogP contribution in [0.4, 0.5) is 11.5 Å². The van der Waals surface area contributed by atoms with Gasteiger partial charge in [0.25, 0.3) is 0 Å². The number of aliphatic hydroxyl groups is 1. The van der Waals surface area contributed by atoms with Gasteiger partial charge in [0.05, 0.1) is 36.9 Å². The predicted octanol–water partition coefficient (Wildman–Crippen LogP) is 3.32. The number of aromatic nitrogens is 4. The number of anilines is 1. The monoisotopic (exact) mass is 455 g/mol. The number of aryl methyl sites for hydroxylation is 1. The third kappa shape index (κ3) is 3.64. The molecule has 4 rings (SSSR count). The molecule has 32 heavy (non-hydrogen) atoms. The molecule has 0 amide bonds. The van der Waals surface area contributed by atoms with E-state index in [0.29, 0.717) is 34.5 Å². The fourth-order valence-electron chi connectivity index (χ4n) is 4.54. The Hall–Kier alpha value is -2.93. The number of hydrogen-bond donors (Lipinski definition) is 2. The van der Waals surface area contributed by atoms with Crippen LogP contribution in [0.1, 0.15) is 42.6 Å². The largest absolute Gasteiger partial charge is 0.497 e. The number of halogens is 1. The molecule has 9 nitrogen and oxygen atoms in total. The van der Waals surface area contributed by atoms with Crippen molar-refractivity contribution in [1.29, 1.82) is 0 Å². The van der Waals surface area contributed by atoms with Gasteiger partial charge in [0.15, 0.2) is 5.65 Å². The van der Waals surface area contributed by atoms with Crippen LogP contribution in [0, 0.1) is 13.5 Å². The van der Waals surface area contributed by atoms with Crippen molar-refractivity contribution >= 4 is 34.1 Å². The van der Waals surface area contributed by atoms with Gasteiger partial charge >= 0.3 is 0 Å². The molecule has 3 aromatic rings. The number of fused-ring (bicyclic) bond motifs is 1. The Kier molecular flexibility index (Phi) is 5.95. The molecule has 0 unspecified atom stereocenters. The number of aliphatic hydroxyl groups excluding tert-OH is 1. The van der Waals surface area contributed by atoms with Crippen LogP contribution in [0.15, 0.2) is 12.4 Å². The number of rotatable bonds is 6. The minimum absolute atomic E-state index is 0.0894. The molecule has 168 valence electrons. The summed E-state index contributed by atoms with van der Waals surface area (Å²) in [6.07, 6.45) is 1.02. The number of methoxy groups -OCH3 is 1. The lowest BCUT2D eigenvalue weighted by molar-refractivity contribution is 0.0736. The number of ether oxygens (including phenoxy) is 1. The van der Waals surface area contributed by atoms with Crippen molar-refractivity contribution in [1.82, 2.24) is 24.6 Å². The van der Waals surface area contributed by atoms with Gasteiger partial charge in [-0.25, -0.2) is 19.5 Å². The quantitative estimate of drug-likeness (QED) is 0.549.